The summed E-state index contributed by atoms with van der Waals surface area (Å²) < 4.78 is 5.98. The molecule has 1 saturated heterocycles. The molecule has 4 rings (SSSR count). The van der Waals surface area contributed by atoms with Crippen LogP contribution in [0, 0.1) is 0 Å². The smallest absolute Gasteiger partial charge is 0.418 e. The predicted molar refractivity (Wildman–Crippen MR) is 113 cm³/mol. The number of piperazine rings is 1. The molecule has 1 aromatic heterocycles. The van der Waals surface area contributed by atoms with E-state index in [1.165, 1.54) is 22.8 Å². The van der Waals surface area contributed by atoms with Crippen LogP contribution in [0.3, 0.4) is 0 Å². The molecule has 8 heteroatoms. The Morgan fingerprint density at radius 3 is 2.10 bits per heavy atom. The fourth-order valence-corrected chi connectivity index (χ4v) is 3.74. The highest BCUT2D eigenvalue weighted by molar-refractivity contribution is 6.45. The van der Waals surface area contributed by atoms with Crippen LogP contribution in [0.15, 0.2) is 60.8 Å². The normalized spacial score (nSPS) is 13.8. The van der Waals surface area contributed by atoms with E-state index in [4.69, 9.17) is 4.74 Å². The number of nitrogens with zero attached hydrogens (tertiary/aromatic N) is 3. The molecule has 0 atom stereocenters. The van der Waals surface area contributed by atoms with Gasteiger partial charge in [0.25, 0.3) is 17.6 Å². The number of Topliss-reactive ketones (excluding diaryl/α,β-unsaturated/α-hetero) is 1. The number of methoxy groups -OCH3 is 1. The second kappa shape index (κ2) is 8.43. The largest absolute Gasteiger partial charge is 0.452 e. The molecule has 2 aromatic carbocycles. The Labute approximate surface area is 178 Å². The second-order valence-corrected chi connectivity index (χ2v) is 7.18. The summed E-state index contributed by atoms with van der Waals surface area (Å²) in [5, 5.41) is 0.504. The lowest BCUT2D eigenvalue weighted by Crippen LogP contribution is -2.52. The van der Waals surface area contributed by atoms with E-state index >= 15 is 0 Å². The fraction of sp³-hybridized carbons (Fsp3) is 0.217. The van der Waals surface area contributed by atoms with Gasteiger partial charge in [-0.25, -0.2) is 4.79 Å². The number of amides is 2. The van der Waals surface area contributed by atoms with Gasteiger partial charge in [-0.2, -0.15) is 0 Å². The number of hydrogen-bond donors (Lipinski definition) is 0. The highest BCUT2D eigenvalue weighted by Crippen LogP contribution is 2.23. The molecule has 0 saturated carbocycles. The molecule has 0 aliphatic carbocycles. The molecule has 2 amide bonds. The first-order valence-electron chi connectivity index (χ1n) is 9.87. The maximum absolute atomic E-state index is 13.0. The molecule has 1 aliphatic rings. The zero-order valence-electron chi connectivity index (χ0n) is 17.0. The number of fused-ring (bicyclic) bond motifs is 1. The molecule has 158 valence electrons. The van der Waals surface area contributed by atoms with Crippen molar-refractivity contribution < 1.29 is 23.9 Å². The molecule has 0 bridgehead atoms. The zero-order chi connectivity index (χ0) is 22.0. The highest BCUT2D eigenvalue weighted by Gasteiger charge is 2.31. The van der Waals surface area contributed by atoms with Crippen molar-refractivity contribution in [3.8, 4) is 0 Å². The lowest BCUT2D eigenvalue weighted by molar-refractivity contribution is -0.127. The van der Waals surface area contributed by atoms with E-state index < -0.39 is 17.8 Å². The Morgan fingerprint density at radius 2 is 1.42 bits per heavy atom. The molecule has 3 aromatic rings. The summed E-state index contributed by atoms with van der Waals surface area (Å²) in [4.78, 5) is 53.6. The van der Waals surface area contributed by atoms with Crippen LogP contribution in [0.1, 0.15) is 20.7 Å². The number of benzene rings is 2. The topological polar surface area (TPSA) is 88.9 Å². The average Bonchev–Trinajstić information content (AvgIpc) is 3.22. The number of aromatic nitrogens is 1. The summed E-state index contributed by atoms with van der Waals surface area (Å²) in [6.45, 7) is 1.21. The van der Waals surface area contributed by atoms with Gasteiger partial charge in [0.2, 0.25) is 0 Å². The number of hydrogen-bond acceptors (Lipinski definition) is 5. The lowest BCUT2D eigenvalue weighted by atomic mass is 10.1. The molecule has 0 radical (unpaired) electrons. The predicted octanol–water partition coefficient (Wildman–Crippen LogP) is 2.42. The van der Waals surface area contributed by atoms with Gasteiger partial charge >= 0.3 is 6.09 Å². The number of rotatable bonds is 3. The Bertz CT molecular complexity index is 1160. The number of carbonyl (C=O) groups excluding carboxylic acids is 4. The molecule has 1 fully saturated rings. The lowest BCUT2D eigenvalue weighted by Gasteiger charge is -2.34. The van der Waals surface area contributed by atoms with Gasteiger partial charge in [-0.1, -0.05) is 36.4 Å². The van der Waals surface area contributed by atoms with Gasteiger partial charge in [-0.05, 0) is 18.2 Å². The zero-order valence-corrected chi connectivity index (χ0v) is 17.0. The number of carbonyl (C=O) groups is 4. The minimum atomic E-state index is -0.693. The molecule has 0 N–H and O–H groups in total. The third-order valence-corrected chi connectivity index (χ3v) is 5.40. The van der Waals surface area contributed by atoms with Crippen LogP contribution in [0.25, 0.3) is 10.9 Å². The van der Waals surface area contributed by atoms with Crippen molar-refractivity contribution in [1.29, 1.82) is 0 Å². The summed E-state index contributed by atoms with van der Waals surface area (Å²) in [6.07, 6.45) is 0.696. The van der Waals surface area contributed by atoms with E-state index in [1.54, 1.807) is 53.4 Å². The SMILES string of the molecule is COC(=O)n1cc(C(=O)C(=O)N2CCN(C(=O)c3ccccc3)CC2)c2ccccc21. The number of ketones is 1. The standard InChI is InChI=1S/C23H21N3O5/c1-31-23(30)26-15-18(17-9-5-6-10-19(17)26)20(27)22(29)25-13-11-24(12-14-25)21(28)16-7-3-2-4-8-16/h2-10,15H,11-14H2,1H3. The monoisotopic (exact) mass is 419 g/mol. The Kier molecular flexibility index (Phi) is 5.53. The quantitative estimate of drug-likeness (QED) is 0.481. The summed E-state index contributed by atoms with van der Waals surface area (Å²) in [6, 6.07) is 15.8. The minimum absolute atomic E-state index is 0.0971. The van der Waals surface area contributed by atoms with E-state index in [0.29, 0.717) is 29.6 Å². The van der Waals surface area contributed by atoms with Gasteiger partial charge in [0.1, 0.15) is 0 Å². The molecule has 31 heavy (non-hydrogen) atoms. The van der Waals surface area contributed by atoms with Gasteiger partial charge < -0.3 is 14.5 Å². The first-order valence-corrected chi connectivity index (χ1v) is 9.87. The van der Waals surface area contributed by atoms with E-state index in [-0.39, 0.29) is 24.6 Å². The van der Waals surface area contributed by atoms with Crippen molar-refractivity contribution in [3.63, 3.8) is 0 Å². The van der Waals surface area contributed by atoms with E-state index in [2.05, 4.69) is 0 Å². The van der Waals surface area contributed by atoms with Gasteiger partial charge in [0.15, 0.2) is 0 Å². The van der Waals surface area contributed by atoms with Crippen LogP contribution in [0.5, 0.6) is 0 Å². The molecule has 2 heterocycles. The fourth-order valence-electron chi connectivity index (χ4n) is 3.74. The maximum Gasteiger partial charge on any atom is 0.418 e. The molecule has 8 nitrogen and oxygen atoms in total. The van der Waals surface area contributed by atoms with Crippen LogP contribution in [0.4, 0.5) is 4.79 Å². The van der Waals surface area contributed by atoms with Crippen molar-refractivity contribution in [3.05, 3.63) is 71.9 Å². The van der Waals surface area contributed by atoms with Crippen LogP contribution < -0.4 is 0 Å². The van der Waals surface area contributed by atoms with Crippen LogP contribution in [-0.2, 0) is 9.53 Å². The van der Waals surface area contributed by atoms with Gasteiger partial charge in [0, 0.05) is 43.3 Å². The molecule has 1 aliphatic heterocycles. The van der Waals surface area contributed by atoms with Crippen molar-refractivity contribution >= 4 is 34.6 Å². The van der Waals surface area contributed by atoms with E-state index in [9.17, 15) is 19.2 Å². The van der Waals surface area contributed by atoms with Crippen LogP contribution >= 0.6 is 0 Å². The van der Waals surface area contributed by atoms with Crippen LogP contribution in [-0.4, -0.2) is 71.3 Å². The van der Waals surface area contributed by atoms with E-state index in [0.717, 1.165) is 0 Å². The van der Waals surface area contributed by atoms with Crippen molar-refractivity contribution in [2.45, 2.75) is 0 Å². The Morgan fingerprint density at radius 1 is 0.806 bits per heavy atom. The van der Waals surface area contributed by atoms with Crippen molar-refractivity contribution in [2.75, 3.05) is 33.3 Å². The molecular formula is C23H21N3O5. The Hall–Kier alpha value is -3.94. The third kappa shape index (κ3) is 3.79. The summed E-state index contributed by atoms with van der Waals surface area (Å²) in [7, 11) is 1.25. The van der Waals surface area contributed by atoms with Crippen molar-refractivity contribution in [1.82, 2.24) is 14.4 Å². The first kappa shape index (κ1) is 20.3. The molecule has 0 unspecified atom stereocenters. The van der Waals surface area contributed by atoms with Gasteiger partial charge in [0.05, 0.1) is 18.2 Å². The summed E-state index contributed by atoms with van der Waals surface area (Å²) >= 11 is 0. The van der Waals surface area contributed by atoms with Gasteiger partial charge in [-0.15, -0.1) is 0 Å². The van der Waals surface area contributed by atoms with Gasteiger partial charge in [-0.3, -0.25) is 19.0 Å². The second-order valence-electron chi connectivity index (χ2n) is 7.18. The average molecular weight is 419 g/mol. The highest BCUT2D eigenvalue weighted by atomic mass is 16.5. The Balaban J connectivity index is 1.49. The maximum atomic E-state index is 13.0. The summed E-state index contributed by atoms with van der Waals surface area (Å²) in [5.74, 6) is -1.44. The molecule has 0 spiro atoms. The molecular weight excluding hydrogens is 398 g/mol. The van der Waals surface area contributed by atoms with Crippen LogP contribution in [0.2, 0.25) is 0 Å². The minimum Gasteiger partial charge on any atom is -0.452 e. The summed E-state index contributed by atoms with van der Waals surface area (Å²) in [5.41, 5.74) is 1.23. The number of ether oxygens (including phenoxy) is 1. The third-order valence-electron chi connectivity index (χ3n) is 5.40. The van der Waals surface area contributed by atoms with Crippen molar-refractivity contribution in [2.24, 2.45) is 0 Å². The van der Waals surface area contributed by atoms with E-state index in [1.807, 2.05) is 6.07 Å². The number of para-hydroxylation sites is 1. The first-order chi connectivity index (χ1) is 15.0.